The van der Waals surface area contributed by atoms with Crippen molar-refractivity contribution in [3.05, 3.63) is 99.2 Å². The van der Waals surface area contributed by atoms with Crippen LogP contribution in [0.2, 0.25) is 0 Å². The van der Waals surface area contributed by atoms with Crippen molar-refractivity contribution >= 4 is 21.9 Å². The lowest BCUT2D eigenvalue weighted by Gasteiger charge is -2.16. The van der Waals surface area contributed by atoms with Crippen molar-refractivity contribution in [3.63, 3.8) is 0 Å². The highest BCUT2D eigenvalue weighted by Crippen LogP contribution is 2.37. The van der Waals surface area contributed by atoms with Gasteiger partial charge >= 0.3 is 5.69 Å². The number of pyridine rings is 1. The summed E-state index contributed by atoms with van der Waals surface area (Å²) in [6.45, 7) is 2.04. The van der Waals surface area contributed by atoms with Crippen LogP contribution in [0.25, 0.3) is 44.2 Å². The van der Waals surface area contributed by atoms with Crippen molar-refractivity contribution in [2.24, 2.45) is 14.1 Å². The summed E-state index contributed by atoms with van der Waals surface area (Å²) < 4.78 is 2.60. The minimum atomic E-state index is -0.390. The maximum atomic E-state index is 13.2. The second-order valence-electron chi connectivity index (χ2n) is 7.81. The standard InChI is InChI=1S/C26H21N3O2/c1-16-14-19(17-10-6-4-7-11-17)15-20-21(16)22(18-12-8-5-9-13-18)23-24(27-20)28(2)26(31)29(3)25(23)30/h4-15H,1-3H3. The number of hydrogen-bond donors (Lipinski definition) is 0. The van der Waals surface area contributed by atoms with Gasteiger partial charge in [-0.3, -0.25) is 13.9 Å². The van der Waals surface area contributed by atoms with Gasteiger partial charge in [0, 0.05) is 25.0 Å². The van der Waals surface area contributed by atoms with E-state index in [4.69, 9.17) is 4.98 Å². The zero-order valence-electron chi connectivity index (χ0n) is 17.6. The first-order valence-corrected chi connectivity index (χ1v) is 10.1. The van der Waals surface area contributed by atoms with E-state index in [2.05, 4.69) is 18.2 Å². The third-order valence-corrected chi connectivity index (χ3v) is 5.84. The molecule has 0 fully saturated rings. The van der Waals surface area contributed by atoms with E-state index in [1.54, 1.807) is 7.05 Å². The van der Waals surface area contributed by atoms with E-state index in [-0.39, 0.29) is 11.2 Å². The molecule has 0 unspecified atom stereocenters. The highest BCUT2D eigenvalue weighted by molar-refractivity contribution is 6.10. The second kappa shape index (κ2) is 7.06. The van der Waals surface area contributed by atoms with E-state index in [1.807, 2.05) is 61.5 Å². The van der Waals surface area contributed by atoms with E-state index in [9.17, 15) is 9.59 Å². The molecular weight excluding hydrogens is 386 g/mol. The van der Waals surface area contributed by atoms with Crippen LogP contribution in [0.3, 0.4) is 0 Å². The van der Waals surface area contributed by atoms with E-state index < -0.39 is 0 Å². The van der Waals surface area contributed by atoms with Gasteiger partial charge < -0.3 is 0 Å². The van der Waals surface area contributed by atoms with Gasteiger partial charge in [0.05, 0.1) is 10.9 Å². The first kappa shape index (κ1) is 19.0. The number of nitrogens with zero attached hydrogens (tertiary/aromatic N) is 3. The molecule has 31 heavy (non-hydrogen) atoms. The fraction of sp³-hybridized carbons (Fsp3) is 0.115. The Morgan fingerprint density at radius 1 is 0.710 bits per heavy atom. The van der Waals surface area contributed by atoms with Crippen LogP contribution in [-0.2, 0) is 14.1 Å². The maximum absolute atomic E-state index is 13.2. The zero-order valence-corrected chi connectivity index (χ0v) is 17.6. The van der Waals surface area contributed by atoms with Gasteiger partial charge in [-0.1, -0.05) is 66.7 Å². The topological polar surface area (TPSA) is 56.9 Å². The predicted octanol–water partition coefficient (Wildman–Crippen LogP) is 4.43. The Balaban J connectivity index is 2.03. The first-order valence-electron chi connectivity index (χ1n) is 10.1. The summed E-state index contributed by atoms with van der Waals surface area (Å²) in [6.07, 6.45) is 0. The summed E-state index contributed by atoms with van der Waals surface area (Å²) in [5, 5.41) is 1.38. The quantitative estimate of drug-likeness (QED) is 0.407. The molecule has 0 spiro atoms. The van der Waals surface area contributed by atoms with Crippen molar-refractivity contribution in [2.75, 3.05) is 0 Å². The highest BCUT2D eigenvalue weighted by Gasteiger charge is 2.20. The lowest BCUT2D eigenvalue weighted by molar-refractivity contribution is 0.709. The summed E-state index contributed by atoms with van der Waals surface area (Å²) >= 11 is 0. The van der Waals surface area contributed by atoms with Gasteiger partial charge in [0.15, 0.2) is 5.65 Å². The second-order valence-corrected chi connectivity index (χ2v) is 7.81. The van der Waals surface area contributed by atoms with Gasteiger partial charge in [0.25, 0.3) is 5.56 Å². The Morgan fingerprint density at radius 2 is 1.32 bits per heavy atom. The van der Waals surface area contributed by atoms with Crippen LogP contribution in [-0.4, -0.2) is 14.1 Å². The smallest absolute Gasteiger partial charge is 0.280 e. The molecule has 5 heteroatoms. The molecule has 3 aromatic carbocycles. The lowest BCUT2D eigenvalue weighted by Crippen LogP contribution is -2.37. The van der Waals surface area contributed by atoms with Crippen molar-refractivity contribution in [1.82, 2.24) is 14.1 Å². The summed E-state index contributed by atoms with van der Waals surface area (Å²) in [5.41, 5.74) is 5.33. The Morgan fingerprint density at radius 3 is 1.97 bits per heavy atom. The van der Waals surface area contributed by atoms with Gasteiger partial charge in [0.2, 0.25) is 0 Å². The van der Waals surface area contributed by atoms with Crippen LogP contribution in [0.5, 0.6) is 0 Å². The van der Waals surface area contributed by atoms with E-state index in [1.165, 1.54) is 11.6 Å². The van der Waals surface area contributed by atoms with E-state index in [0.717, 1.165) is 43.3 Å². The van der Waals surface area contributed by atoms with Crippen LogP contribution in [0.15, 0.2) is 82.4 Å². The van der Waals surface area contributed by atoms with Crippen LogP contribution in [0.1, 0.15) is 5.56 Å². The number of aromatic nitrogens is 3. The van der Waals surface area contributed by atoms with Gasteiger partial charge in [-0.15, -0.1) is 0 Å². The molecule has 0 aliphatic carbocycles. The molecular formula is C26H21N3O2. The van der Waals surface area contributed by atoms with Gasteiger partial charge in [0.1, 0.15) is 0 Å². The number of hydrogen-bond acceptors (Lipinski definition) is 3. The van der Waals surface area contributed by atoms with Crippen LogP contribution in [0, 0.1) is 6.92 Å². The van der Waals surface area contributed by atoms with E-state index >= 15 is 0 Å². The molecule has 2 aromatic heterocycles. The minimum absolute atomic E-state index is 0.335. The molecule has 5 nitrogen and oxygen atoms in total. The van der Waals surface area contributed by atoms with Gasteiger partial charge in [-0.05, 0) is 35.2 Å². The van der Waals surface area contributed by atoms with Crippen LogP contribution >= 0.6 is 0 Å². The Labute approximate surface area is 178 Å². The number of benzene rings is 3. The van der Waals surface area contributed by atoms with Crippen molar-refractivity contribution in [2.45, 2.75) is 6.92 Å². The number of aryl methyl sites for hydroxylation is 2. The minimum Gasteiger partial charge on any atom is -0.280 e. The molecule has 2 heterocycles. The first-order chi connectivity index (χ1) is 15.0. The predicted molar refractivity (Wildman–Crippen MR) is 125 cm³/mol. The highest BCUT2D eigenvalue weighted by atomic mass is 16.2. The largest absolute Gasteiger partial charge is 0.332 e. The van der Waals surface area contributed by atoms with Crippen LogP contribution in [0.4, 0.5) is 0 Å². The van der Waals surface area contributed by atoms with Crippen molar-refractivity contribution in [3.8, 4) is 22.3 Å². The van der Waals surface area contributed by atoms with Gasteiger partial charge in [-0.2, -0.15) is 0 Å². The molecule has 0 aliphatic heterocycles. The van der Waals surface area contributed by atoms with Crippen LogP contribution < -0.4 is 11.2 Å². The monoisotopic (exact) mass is 407 g/mol. The normalized spacial score (nSPS) is 11.3. The van der Waals surface area contributed by atoms with E-state index in [0.29, 0.717) is 11.0 Å². The fourth-order valence-corrected chi connectivity index (χ4v) is 4.29. The number of fused-ring (bicyclic) bond motifs is 2. The average molecular weight is 407 g/mol. The summed E-state index contributed by atoms with van der Waals surface area (Å²) in [5.74, 6) is 0. The molecule has 0 saturated carbocycles. The average Bonchev–Trinajstić information content (AvgIpc) is 2.81. The molecule has 5 aromatic rings. The Kier molecular flexibility index (Phi) is 4.33. The fourth-order valence-electron chi connectivity index (χ4n) is 4.29. The summed E-state index contributed by atoms with van der Waals surface area (Å²) in [7, 11) is 3.17. The molecule has 5 rings (SSSR count). The molecule has 0 aliphatic rings. The zero-order chi connectivity index (χ0) is 21.7. The molecule has 0 saturated heterocycles. The number of rotatable bonds is 2. The third kappa shape index (κ3) is 2.89. The van der Waals surface area contributed by atoms with Gasteiger partial charge in [-0.25, -0.2) is 9.78 Å². The van der Waals surface area contributed by atoms with Crippen molar-refractivity contribution < 1.29 is 0 Å². The molecule has 152 valence electrons. The molecule has 0 bridgehead atoms. The summed E-state index contributed by atoms with van der Waals surface area (Å²) in [4.78, 5) is 30.7. The third-order valence-electron chi connectivity index (χ3n) is 5.84. The summed E-state index contributed by atoms with van der Waals surface area (Å²) in [6, 6.07) is 24.1. The SMILES string of the molecule is Cc1cc(-c2ccccc2)cc2nc3c(c(-c4ccccc4)c12)c(=O)n(C)c(=O)n3C. The lowest BCUT2D eigenvalue weighted by atomic mass is 9.92. The molecule has 0 amide bonds. The van der Waals surface area contributed by atoms with Crippen molar-refractivity contribution in [1.29, 1.82) is 0 Å². The maximum Gasteiger partial charge on any atom is 0.332 e. The Hall–Kier alpha value is -3.99. The molecule has 0 radical (unpaired) electrons. The molecule has 0 atom stereocenters. The Bertz CT molecular complexity index is 1580. The molecule has 0 N–H and O–H groups in total.